The molecule has 3 atom stereocenters. The van der Waals surface area contributed by atoms with E-state index in [-0.39, 0.29) is 11.8 Å². The summed E-state index contributed by atoms with van der Waals surface area (Å²) in [4.78, 5) is 12.3. The molecule has 3 N–H and O–H groups in total. The largest absolute Gasteiger partial charge is 0.392 e. The van der Waals surface area contributed by atoms with Crippen molar-refractivity contribution in [3.05, 3.63) is 0 Å². The zero-order valence-corrected chi connectivity index (χ0v) is 11.1. The summed E-state index contributed by atoms with van der Waals surface area (Å²) < 4.78 is 0. The molecule has 0 aromatic heterocycles. The highest BCUT2D eigenvalue weighted by atomic mass is 32.1. The average molecular weight is 254 g/mol. The zero-order chi connectivity index (χ0) is 12.3. The lowest BCUT2D eigenvalue weighted by molar-refractivity contribution is -0.126. The Morgan fingerprint density at radius 3 is 2.59 bits per heavy atom. The molecule has 0 aliphatic heterocycles. The smallest absolute Gasteiger partial charge is 0.223 e. The number of fused-ring (bicyclic) bond motifs is 1. The number of thiocarbonyl (C=S) groups is 1. The van der Waals surface area contributed by atoms with E-state index in [9.17, 15) is 4.79 Å². The van der Waals surface area contributed by atoms with E-state index in [2.05, 4.69) is 5.32 Å². The van der Waals surface area contributed by atoms with Gasteiger partial charge in [0.15, 0.2) is 0 Å². The molecule has 1 amide bonds. The first-order valence-corrected chi connectivity index (χ1v) is 7.13. The molecular formula is C13H22N2OS. The number of rotatable bonds is 3. The standard InChI is InChI=1S/C13H22N2OS/c14-12(17)8-15-13(16)11-6-5-9-3-1-2-4-10(9)7-11/h9-11H,1-8H2,(H2,14,17)(H,15,16). The van der Waals surface area contributed by atoms with Crippen molar-refractivity contribution in [3.8, 4) is 0 Å². The lowest BCUT2D eigenvalue weighted by Gasteiger charge is -2.38. The second-order valence-electron chi connectivity index (χ2n) is 5.50. The maximum atomic E-state index is 12.0. The van der Waals surface area contributed by atoms with E-state index in [1.165, 1.54) is 32.1 Å². The first kappa shape index (κ1) is 12.8. The maximum Gasteiger partial charge on any atom is 0.223 e. The number of nitrogens with two attached hydrogens (primary N) is 1. The summed E-state index contributed by atoms with van der Waals surface area (Å²) in [7, 11) is 0. The molecule has 2 aliphatic carbocycles. The molecule has 0 aromatic carbocycles. The van der Waals surface area contributed by atoms with Gasteiger partial charge >= 0.3 is 0 Å². The Hall–Kier alpha value is -0.640. The van der Waals surface area contributed by atoms with Crippen molar-refractivity contribution in [1.82, 2.24) is 5.32 Å². The van der Waals surface area contributed by atoms with Gasteiger partial charge in [-0.1, -0.05) is 37.9 Å². The fourth-order valence-corrected chi connectivity index (χ4v) is 3.50. The molecule has 3 unspecified atom stereocenters. The normalized spacial score (nSPS) is 32.6. The predicted molar refractivity (Wildman–Crippen MR) is 72.6 cm³/mol. The molecule has 0 spiro atoms. The Bertz CT molecular complexity index is 306. The van der Waals surface area contributed by atoms with Crippen LogP contribution in [-0.4, -0.2) is 17.4 Å². The van der Waals surface area contributed by atoms with Crippen LogP contribution in [0.1, 0.15) is 44.9 Å². The average Bonchev–Trinajstić information content (AvgIpc) is 2.35. The second-order valence-corrected chi connectivity index (χ2v) is 6.02. The fourth-order valence-electron chi connectivity index (χ4n) is 3.43. The van der Waals surface area contributed by atoms with Crippen LogP contribution >= 0.6 is 12.2 Å². The molecule has 2 aliphatic rings. The molecule has 2 saturated carbocycles. The van der Waals surface area contributed by atoms with Gasteiger partial charge in [0, 0.05) is 5.92 Å². The van der Waals surface area contributed by atoms with Gasteiger partial charge < -0.3 is 11.1 Å². The molecule has 0 heterocycles. The SMILES string of the molecule is NC(=S)CNC(=O)C1CCC2CCCCC2C1. The summed E-state index contributed by atoms with van der Waals surface area (Å²) in [6.45, 7) is 0.346. The third-order valence-electron chi connectivity index (χ3n) is 4.35. The minimum Gasteiger partial charge on any atom is -0.392 e. The number of hydrogen-bond donors (Lipinski definition) is 2. The van der Waals surface area contributed by atoms with Crippen LogP contribution < -0.4 is 11.1 Å². The second kappa shape index (κ2) is 5.80. The minimum atomic E-state index is 0.154. The van der Waals surface area contributed by atoms with Crippen molar-refractivity contribution in [2.24, 2.45) is 23.5 Å². The maximum absolute atomic E-state index is 12.0. The topological polar surface area (TPSA) is 55.1 Å². The van der Waals surface area contributed by atoms with Crippen LogP contribution in [0.3, 0.4) is 0 Å². The Kier molecular flexibility index (Phi) is 4.37. The van der Waals surface area contributed by atoms with Crippen LogP contribution in [0.4, 0.5) is 0 Å². The summed E-state index contributed by atoms with van der Waals surface area (Å²) in [6.07, 6.45) is 8.80. The minimum absolute atomic E-state index is 0.154. The molecule has 0 saturated heterocycles. The zero-order valence-electron chi connectivity index (χ0n) is 10.3. The van der Waals surface area contributed by atoms with E-state index >= 15 is 0 Å². The molecule has 96 valence electrons. The van der Waals surface area contributed by atoms with E-state index in [1.807, 2.05) is 0 Å². The van der Waals surface area contributed by atoms with Crippen molar-refractivity contribution in [2.75, 3.05) is 6.54 Å². The van der Waals surface area contributed by atoms with E-state index in [4.69, 9.17) is 18.0 Å². The lowest BCUT2D eigenvalue weighted by atomic mass is 9.67. The van der Waals surface area contributed by atoms with E-state index in [0.717, 1.165) is 24.7 Å². The van der Waals surface area contributed by atoms with Gasteiger partial charge in [-0.05, 0) is 31.1 Å². The predicted octanol–water partition coefficient (Wildman–Crippen LogP) is 2.00. The van der Waals surface area contributed by atoms with E-state index in [0.29, 0.717) is 11.5 Å². The van der Waals surface area contributed by atoms with Crippen molar-refractivity contribution < 1.29 is 4.79 Å². The van der Waals surface area contributed by atoms with Crippen LogP contribution in [-0.2, 0) is 4.79 Å². The summed E-state index contributed by atoms with van der Waals surface area (Å²) >= 11 is 4.77. The number of nitrogens with one attached hydrogen (secondary N) is 1. The highest BCUT2D eigenvalue weighted by molar-refractivity contribution is 7.80. The van der Waals surface area contributed by atoms with Gasteiger partial charge in [-0.15, -0.1) is 0 Å². The van der Waals surface area contributed by atoms with Crippen LogP contribution in [0.2, 0.25) is 0 Å². The van der Waals surface area contributed by atoms with E-state index < -0.39 is 0 Å². The Labute approximate surface area is 109 Å². The molecule has 3 nitrogen and oxygen atoms in total. The molecule has 17 heavy (non-hydrogen) atoms. The molecule has 0 aromatic rings. The fraction of sp³-hybridized carbons (Fsp3) is 0.846. The number of amides is 1. The number of hydrogen-bond acceptors (Lipinski definition) is 2. The summed E-state index contributed by atoms with van der Waals surface area (Å²) in [5.74, 6) is 2.03. The van der Waals surface area contributed by atoms with Crippen molar-refractivity contribution in [3.63, 3.8) is 0 Å². The Morgan fingerprint density at radius 1 is 1.18 bits per heavy atom. The molecule has 2 rings (SSSR count). The number of carbonyl (C=O) groups is 1. The number of carbonyl (C=O) groups excluding carboxylic acids is 1. The molecule has 0 bridgehead atoms. The third kappa shape index (κ3) is 3.41. The highest BCUT2D eigenvalue weighted by Gasteiger charge is 2.34. The molecule has 4 heteroatoms. The Morgan fingerprint density at radius 2 is 1.88 bits per heavy atom. The molecule has 2 fully saturated rings. The summed E-state index contributed by atoms with van der Waals surface area (Å²) in [5, 5.41) is 2.84. The van der Waals surface area contributed by atoms with Gasteiger partial charge in [0.25, 0.3) is 0 Å². The van der Waals surface area contributed by atoms with Crippen molar-refractivity contribution in [2.45, 2.75) is 44.9 Å². The van der Waals surface area contributed by atoms with Crippen molar-refractivity contribution in [1.29, 1.82) is 0 Å². The van der Waals surface area contributed by atoms with Gasteiger partial charge in [0.2, 0.25) is 5.91 Å². The van der Waals surface area contributed by atoms with E-state index in [1.54, 1.807) is 0 Å². The van der Waals surface area contributed by atoms with Gasteiger partial charge in [-0.3, -0.25) is 4.79 Å². The van der Waals surface area contributed by atoms with Crippen LogP contribution in [0.15, 0.2) is 0 Å². The van der Waals surface area contributed by atoms with Crippen LogP contribution in [0.25, 0.3) is 0 Å². The first-order chi connectivity index (χ1) is 8.16. The highest BCUT2D eigenvalue weighted by Crippen LogP contribution is 2.42. The monoisotopic (exact) mass is 254 g/mol. The molecule has 0 radical (unpaired) electrons. The summed E-state index contributed by atoms with van der Waals surface area (Å²) in [5.41, 5.74) is 5.39. The van der Waals surface area contributed by atoms with Crippen LogP contribution in [0.5, 0.6) is 0 Å². The van der Waals surface area contributed by atoms with Gasteiger partial charge in [0.05, 0.1) is 11.5 Å². The molecular weight excluding hydrogens is 232 g/mol. The summed E-state index contributed by atoms with van der Waals surface area (Å²) in [6, 6.07) is 0. The van der Waals surface area contributed by atoms with Gasteiger partial charge in [-0.2, -0.15) is 0 Å². The third-order valence-corrected chi connectivity index (χ3v) is 4.49. The van der Waals surface area contributed by atoms with Crippen LogP contribution in [0, 0.1) is 17.8 Å². The quantitative estimate of drug-likeness (QED) is 0.757. The van der Waals surface area contributed by atoms with Gasteiger partial charge in [0.1, 0.15) is 0 Å². The van der Waals surface area contributed by atoms with Crippen molar-refractivity contribution >= 4 is 23.1 Å². The Balaban J connectivity index is 1.82. The first-order valence-electron chi connectivity index (χ1n) is 6.73. The van der Waals surface area contributed by atoms with Gasteiger partial charge in [-0.25, -0.2) is 0 Å². The lowest BCUT2D eigenvalue weighted by Crippen LogP contribution is -2.40.